The predicted octanol–water partition coefficient (Wildman–Crippen LogP) is 2.10. The molecule has 0 aliphatic carbocycles. The quantitative estimate of drug-likeness (QED) is 0.758. The standard InChI is InChI=1S/C11H19NO2/c1-4-13-10(3)7-12-8-11-9(2)5-6-14-11/h5-6,10,12H,4,7-8H2,1-3H3. The Morgan fingerprint density at radius 2 is 2.36 bits per heavy atom. The second-order valence-electron chi connectivity index (χ2n) is 3.42. The van der Waals surface area contributed by atoms with Crippen molar-refractivity contribution < 1.29 is 9.15 Å². The lowest BCUT2D eigenvalue weighted by Gasteiger charge is -2.11. The molecule has 1 heterocycles. The summed E-state index contributed by atoms with van der Waals surface area (Å²) >= 11 is 0. The van der Waals surface area contributed by atoms with E-state index in [-0.39, 0.29) is 6.10 Å². The molecule has 1 aromatic rings. The van der Waals surface area contributed by atoms with Crippen molar-refractivity contribution in [1.29, 1.82) is 0 Å². The lowest BCUT2D eigenvalue weighted by Crippen LogP contribution is -2.26. The van der Waals surface area contributed by atoms with Crippen LogP contribution in [-0.4, -0.2) is 19.3 Å². The molecular formula is C11H19NO2. The molecule has 0 radical (unpaired) electrons. The van der Waals surface area contributed by atoms with Crippen LogP contribution in [0.2, 0.25) is 0 Å². The first-order valence-corrected chi connectivity index (χ1v) is 5.09. The summed E-state index contributed by atoms with van der Waals surface area (Å²) in [7, 11) is 0. The van der Waals surface area contributed by atoms with Gasteiger partial charge in [0.25, 0.3) is 0 Å². The Labute approximate surface area is 85.4 Å². The van der Waals surface area contributed by atoms with E-state index in [2.05, 4.69) is 12.2 Å². The van der Waals surface area contributed by atoms with Crippen molar-refractivity contribution >= 4 is 0 Å². The second kappa shape index (κ2) is 5.83. The van der Waals surface area contributed by atoms with Crippen molar-refractivity contribution in [2.75, 3.05) is 13.2 Å². The minimum atomic E-state index is 0.260. The lowest BCUT2D eigenvalue weighted by atomic mass is 10.3. The van der Waals surface area contributed by atoms with Crippen LogP contribution in [-0.2, 0) is 11.3 Å². The minimum Gasteiger partial charge on any atom is -0.468 e. The van der Waals surface area contributed by atoms with Crippen molar-refractivity contribution in [1.82, 2.24) is 5.32 Å². The molecule has 0 saturated carbocycles. The van der Waals surface area contributed by atoms with Crippen molar-refractivity contribution in [3.05, 3.63) is 23.7 Å². The summed E-state index contributed by atoms with van der Waals surface area (Å²) in [4.78, 5) is 0. The van der Waals surface area contributed by atoms with Gasteiger partial charge in [-0.2, -0.15) is 0 Å². The van der Waals surface area contributed by atoms with E-state index in [4.69, 9.17) is 9.15 Å². The second-order valence-corrected chi connectivity index (χ2v) is 3.42. The highest BCUT2D eigenvalue weighted by Gasteiger charge is 2.03. The Hall–Kier alpha value is -0.800. The van der Waals surface area contributed by atoms with Crippen LogP contribution in [0.25, 0.3) is 0 Å². The van der Waals surface area contributed by atoms with Gasteiger partial charge in [-0.25, -0.2) is 0 Å². The van der Waals surface area contributed by atoms with Gasteiger partial charge in [0.15, 0.2) is 0 Å². The molecule has 0 spiro atoms. The van der Waals surface area contributed by atoms with Crippen molar-refractivity contribution in [2.45, 2.75) is 33.4 Å². The lowest BCUT2D eigenvalue weighted by molar-refractivity contribution is 0.0756. The fourth-order valence-corrected chi connectivity index (χ4v) is 1.32. The molecule has 0 aliphatic heterocycles. The molecule has 3 nitrogen and oxygen atoms in total. The summed E-state index contributed by atoms with van der Waals surface area (Å²) in [5.74, 6) is 1.01. The Balaban J connectivity index is 2.19. The molecule has 1 N–H and O–H groups in total. The molecule has 80 valence electrons. The topological polar surface area (TPSA) is 34.4 Å². The van der Waals surface area contributed by atoms with Gasteiger partial charge < -0.3 is 14.5 Å². The number of hydrogen-bond acceptors (Lipinski definition) is 3. The van der Waals surface area contributed by atoms with Gasteiger partial charge in [-0.1, -0.05) is 0 Å². The van der Waals surface area contributed by atoms with Crippen LogP contribution >= 0.6 is 0 Å². The third-order valence-electron chi connectivity index (χ3n) is 2.14. The maximum Gasteiger partial charge on any atom is 0.120 e. The average Bonchev–Trinajstić information content (AvgIpc) is 2.52. The van der Waals surface area contributed by atoms with Crippen LogP contribution in [0.15, 0.2) is 16.7 Å². The molecule has 0 amide bonds. The van der Waals surface area contributed by atoms with Crippen LogP contribution in [0.5, 0.6) is 0 Å². The van der Waals surface area contributed by atoms with Crippen LogP contribution < -0.4 is 5.32 Å². The summed E-state index contributed by atoms with van der Waals surface area (Å²) in [5, 5.41) is 3.29. The van der Waals surface area contributed by atoms with Gasteiger partial charge in [0.05, 0.1) is 18.9 Å². The molecule has 1 atom stereocenters. The molecule has 0 fully saturated rings. The van der Waals surface area contributed by atoms with Gasteiger partial charge >= 0.3 is 0 Å². The van der Waals surface area contributed by atoms with E-state index < -0.39 is 0 Å². The van der Waals surface area contributed by atoms with E-state index in [0.29, 0.717) is 0 Å². The first-order chi connectivity index (χ1) is 6.74. The van der Waals surface area contributed by atoms with E-state index in [1.165, 1.54) is 5.56 Å². The Bertz CT molecular complexity index is 258. The number of furan rings is 1. The van der Waals surface area contributed by atoms with Gasteiger partial charge in [-0.15, -0.1) is 0 Å². The fourth-order valence-electron chi connectivity index (χ4n) is 1.32. The Kier molecular flexibility index (Phi) is 4.70. The summed E-state index contributed by atoms with van der Waals surface area (Å²) < 4.78 is 10.7. The van der Waals surface area contributed by atoms with Gasteiger partial charge in [-0.3, -0.25) is 0 Å². The molecule has 0 saturated heterocycles. The molecule has 0 aliphatic rings. The van der Waals surface area contributed by atoms with Crippen molar-refractivity contribution in [3.63, 3.8) is 0 Å². The summed E-state index contributed by atoms with van der Waals surface area (Å²) in [6.07, 6.45) is 1.98. The molecule has 3 heteroatoms. The number of rotatable bonds is 6. The van der Waals surface area contributed by atoms with E-state index >= 15 is 0 Å². The minimum absolute atomic E-state index is 0.260. The fraction of sp³-hybridized carbons (Fsp3) is 0.636. The molecule has 1 rings (SSSR count). The van der Waals surface area contributed by atoms with Crippen LogP contribution in [0.3, 0.4) is 0 Å². The predicted molar refractivity (Wildman–Crippen MR) is 56.2 cm³/mol. The zero-order valence-electron chi connectivity index (χ0n) is 9.17. The Morgan fingerprint density at radius 3 is 2.93 bits per heavy atom. The van der Waals surface area contributed by atoms with Gasteiger partial charge in [-0.05, 0) is 32.4 Å². The summed E-state index contributed by atoms with van der Waals surface area (Å²) in [5.41, 5.74) is 1.20. The van der Waals surface area contributed by atoms with E-state index in [1.807, 2.05) is 19.9 Å². The number of hydrogen-bond donors (Lipinski definition) is 1. The SMILES string of the molecule is CCOC(C)CNCc1occc1C. The third kappa shape index (κ3) is 3.52. The third-order valence-corrected chi connectivity index (χ3v) is 2.14. The first-order valence-electron chi connectivity index (χ1n) is 5.09. The Morgan fingerprint density at radius 1 is 1.57 bits per heavy atom. The van der Waals surface area contributed by atoms with E-state index in [0.717, 1.165) is 25.5 Å². The van der Waals surface area contributed by atoms with Crippen LogP contribution in [0.1, 0.15) is 25.2 Å². The highest BCUT2D eigenvalue weighted by Crippen LogP contribution is 2.07. The zero-order valence-corrected chi connectivity index (χ0v) is 9.17. The van der Waals surface area contributed by atoms with Crippen molar-refractivity contribution in [3.8, 4) is 0 Å². The summed E-state index contributed by atoms with van der Waals surface area (Å²) in [6.45, 7) is 8.51. The normalized spacial score (nSPS) is 13.1. The number of ether oxygens (including phenoxy) is 1. The monoisotopic (exact) mass is 197 g/mol. The van der Waals surface area contributed by atoms with Gasteiger partial charge in [0.2, 0.25) is 0 Å². The van der Waals surface area contributed by atoms with Crippen molar-refractivity contribution in [2.24, 2.45) is 0 Å². The first kappa shape index (κ1) is 11.3. The molecule has 0 aromatic carbocycles. The largest absolute Gasteiger partial charge is 0.468 e. The summed E-state index contributed by atoms with van der Waals surface area (Å²) in [6, 6.07) is 1.98. The zero-order chi connectivity index (χ0) is 10.4. The van der Waals surface area contributed by atoms with E-state index in [9.17, 15) is 0 Å². The van der Waals surface area contributed by atoms with Gasteiger partial charge in [0.1, 0.15) is 5.76 Å². The van der Waals surface area contributed by atoms with Crippen LogP contribution in [0, 0.1) is 6.92 Å². The highest BCUT2D eigenvalue weighted by atomic mass is 16.5. The average molecular weight is 197 g/mol. The van der Waals surface area contributed by atoms with Crippen LogP contribution in [0.4, 0.5) is 0 Å². The maximum atomic E-state index is 5.40. The molecule has 1 aromatic heterocycles. The smallest absolute Gasteiger partial charge is 0.120 e. The maximum absolute atomic E-state index is 5.40. The highest BCUT2D eigenvalue weighted by molar-refractivity contribution is 5.13. The molecule has 14 heavy (non-hydrogen) atoms. The number of aryl methyl sites for hydroxylation is 1. The number of nitrogens with one attached hydrogen (secondary N) is 1. The van der Waals surface area contributed by atoms with E-state index in [1.54, 1.807) is 6.26 Å². The molecular weight excluding hydrogens is 178 g/mol. The molecule has 1 unspecified atom stereocenters. The van der Waals surface area contributed by atoms with Gasteiger partial charge in [0, 0.05) is 13.2 Å². The molecule has 0 bridgehead atoms.